The van der Waals surface area contributed by atoms with E-state index in [-0.39, 0.29) is 10.9 Å². The summed E-state index contributed by atoms with van der Waals surface area (Å²) in [5, 5.41) is 3.46. The highest BCUT2D eigenvalue weighted by Gasteiger charge is 2.20. The average molecular weight is 557 g/mol. The maximum Gasteiger partial charge on any atom is 0.280 e. The Bertz CT molecular complexity index is 1640. The lowest BCUT2D eigenvalue weighted by molar-refractivity contribution is 0.0536. The number of nitrogens with zero attached hydrogens (tertiary/aromatic N) is 4. The van der Waals surface area contributed by atoms with Crippen molar-refractivity contribution in [3.05, 3.63) is 87.3 Å². The van der Waals surface area contributed by atoms with Gasteiger partial charge in [0.2, 0.25) is 11.4 Å². The van der Waals surface area contributed by atoms with Crippen LogP contribution in [0.4, 0.5) is 16.0 Å². The zero-order chi connectivity index (χ0) is 28.3. The molecule has 2 aromatic carbocycles. The number of pyridine rings is 1. The summed E-state index contributed by atoms with van der Waals surface area (Å²) in [4.78, 5) is 42.0. The van der Waals surface area contributed by atoms with Crippen molar-refractivity contribution in [1.29, 1.82) is 0 Å². The van der Waals surface area contributed by atoms with Crippen molar-refractivity contribution < 1.29 is 14.0 Å². The van der Waals surface area contributed by atoms with Gasteiger partial charge in [0, 0.05) is 36.9 Å². The number of nitrogens with one attached hydrogen (secondary N) is 2. The van der Waals surface area contributed by atoms with E-state index < -0.39 is 17.5 Å². The molecular formula is C31H33FN6O3. The van der Waals surface area contributed by atoms with Gasteiger partial charge in [-0.05, 0) is 86.0 Å². The smallest absolute Gasteiger partial charge is 0.280 e. The van der Waals surface area contributed by atoms with E-state index in [2.05, 4.69) is 32.8 Å². The molecular weight excluding hydrogens is 523 g/mol. The molecule has 1 aliphatic heterocycles. The predicted octanol–water partition coefficient (Wildman–Crippen LogP) is 4.28. The fraction of sp³-hybridized carbons (Fsp3) is 0.355. The van der Waals surface area contributed by atoms with Crippen molar-refractivity contribution in [2.24, 2.45) is 0 Å². The second-order valence-electron chi connectivity index (χ2n) is 10.7. The van der Waals surface area contributed by atoms with Gasteiger partial charge in [-0.2, -0.15) is 4.98 Å². The number of hydrogen-bond donors (Lipinski definition) is 2. The molecule has 2 aliphatic rings. The maximum absolute atomic E-state index is 13.7. The molecule has 0 radical (unpaired) electrons. The van der Waals surface area contributed by atoms with Crippen LogP contribution >= 0.6 is 0 Å². The number of aryl methyl sites for hydroxylation is 2. The molecule has 10 heteroatoms. The third-order valence-corrected chi connectivity index (χ3v) is 7.92. The normalized spacial score (nSPS) is 17.0. The van der Waals surface area contributed by atoms with Crippen molar-refractivity contribution in [3.63, 3.8) is 0 Å². The lowest BCUT2D eigenvalue weighted by atomic mass is 10.1. The number of likely N-dealkylation sites (tertiary alicyclic amines) is 1. The molecule has 2 N–H and O–H groups in total. The minimum Gasteiger partial charge on any atom is -0.324 e. The second-order valence-corrected chi connectivity index (χ2v) is 10.7. The molecule has 41 heavy (non-hydrogen) atoms. The van der Waals surface area contributed by atoms with Crippen LogP contribution in [0, 0.1) is 0 Å². The Morgan fingerprint density at radius 1 is 1.12 bits per heavy atom. The maximum atomic E-state index is 13.7. The largest absolute Gasteiger partial charge is 0.324 e. The molecule has 4 aromatic rings. The van der Waals surface area contributed by atoms with Crippen LogP contribution in [0.15, 0.2) is 59.7 Å². The number of halogens is 1. The number of aromatic nitrogens is 3. The number of hydrogen-bond acceptors (Lipinski definition) is 7. The number of piperidine rings is 1. The Hall–Kier alpha value is -4.15. The van der Waals surface area contributed by atoms with Crippen LogP contribution in [-0.4, -0.2) is 58.3 Å². The number of amides is 1. The van der Waals surface area contributed by atoms with E-state index in [0.29, 0.717) is 24.6 Å². The molecule has 1 unspecified atom stereocenters. The highest BCUT2D eigenvalue weighted by atomic mass is 19.1. The van der Waals surface area contributed by atoms with Gasteiger partial charge >= 0.3 is 0 Å². The average Bonchev–Trinajstić information content (AvgIpc) is 3.45. The number of carbonyl (C=O) groups excluding carboxylic acids is 1. The molecule has 0 bridgehead atoms. The van der Waals surface area contributed by atoms with Crippen LogP contribution in [0.3, 0.4) is 0 Å². The zero-order valence-corrected chi connectivity index (χ0v) is 23.0. The van der Waals surface area contributed by atoms with Gasteiger partial charge in [-0.25, -0.2) is 14.9 Å². The number of alkyl halides is 1. The molecule has 6 rings (SSSR count). The number of hydroxylamine groups is 1. The minimum atomic E-state index is -0.717. The lowest BCUT2D eigenvalue weighted by Crippen LogP contribution is -2.37. The van der Waals surface area contributed by atoms with E-state index >= 15 is 0 Å². The van der Waals surface area contributed by atoms with Crippen LogP contribution in [-0.2, 0) is 24.1 Å². The Kier molecular flexibility index (Phi) is 7.76. The first-order valence-electron chi connectivity index (χ1n) is 14.1. The van der Waals surface area contributed by atoms with Crippen molar-refractivity contribution in [3.8, 4) is 5.69 Å². The molecule has 2 aromatic heterocycles. The summed E-state index contributed by atoms with van der Waals surface area (Å²) in [5.74, 6) is -0.308. The molecule has 3 heterocycles. The monoisotopic (exact) mass is 556 g/mol. The minimum absolute atomic E-state index is 0.0636. The number of benzene rings is 2. The number of rotatable bonds is 8. The summed E-state index contributed by atoms with van der Waals surface area (Å²) in [6.07, 6.45) is 7.82. The molecule has 9 nitrogen and oxygen atoms in total. The van der Waals surface area contributed by atoms with Crippen molar-refractivity contribution in [2.45, 2.75) is 44.7 Å². The molecule has 1 aliphatic carbocycles. The molecule has 1 saturated heterocycles. The Morgan fingerprint density at radius 2 is 1.95 bits per heavy atom. The van der Waals surface area contributed by atoms with Gasteiger partial charge in [-0.3, -0.25) is 14.4 Å². The van der Waals surface area contributed by atoms with E-state index in [9.17, 15) is 14.0 Å². The molecule has 1 fully saturated rings. The van der Waals surface area contributed by atoms with E-state index in [1.807, 2.05) is 30.3 Å². The summed E-state index contributed by atoms with van der Waals surface area (Å²) in [6, 6.07) is 14.2. The van der Waals surface area contributed by atoms with E-state index in [1.54, 1.807) is 4.57 Å². The highest BCUT2D eigenvalue weighted by Crippen LogP contribution is 2.26. The number of anilines is 2. The van der Waals surface area contributed by atoms with Crippen molar-refractivity contribution in [1.82, 2.24) is 24.9 Å². The summed E-state index contributed by atoms with van der Waals surface area (Å²) in [7, 11) is 1.32. The zero-order valence-electron chi connectivity index (χ0n) is 23.0. The second kappa shape index (κ2) is 11.8. The third kappa shape index (κ3) is 5.84. The molecule has 1 atom stereocenters. The first-order chi connectivity index (χ1) is 20.0. The molecule has 212 valence electrons. The van der Waals surface area contributed by atoms with Crippen LogP contribution in [0.1, 0.15) is 46.3 Å². The van der Waals surface area contributed by atoms with Gasteiger partial charge in [-0.1, -0.05) is 18.2 Å². The van der Waals surface area contributed by atoms with Gasteiger partial charge < -0.3 is 14.8 Å². The van der Waals surface area contributed by atoms with Gasteiger partial charge in [-0.15, -0.1) is 0 Å². The van der Waals surface area contributed by atoms with E-state index in [4.69, 9.17) is 9.82 Å². The Balaban J connectivity index is 1.28. The van der Waals surface area contributed by atoms with Crippen molar-refractivity contribution >= 4 is 28.6 Å². The molecule has 0 saturated carbocycles. The standard InChI is InChI=1S/C31H33FN6O3/c1-41-36-30(40)27-19-38(25-12-9-21-4-2-5-22(21)16-25)29-26(28(27)39)17-33-31(35-29)34-24-10-7-20(8-11-24)13-15-37-14-3-6-23(32)18-37/h7-12,16-17,19,23H,2-6,13-15,18H2,1H3,(H,36,40)(H,33,34,35). The van der Waals surface area contributed by atoms with E-state index in [0.717, 1.165) is 56.6 Å². The lowest BCUT2D eigenvalue weighted by Gasteiger charge is -2.28. The quantitative estimate of drug-likeness (QED) is 0.313. The van der Waals surface area contributed by atoms with Gasteiger partial charge in [0.25, 0.3) is 5.91 Å². The van der Waals surface area contributed by atoms with Crippen LogP contribution in [0.25, 0.3) is 16.7 Å². The fourth-order valence-corrected chi connectivity index (χ4v) is 5.76. The SMILES string of the molecule is CONC(=O)c1cn(-c2ccc3c(c2)CCC3)c2nc(Nc3ccc(CCN4CCCC(F)C4)cc3)ncc2c1=O. The summed E-state index contributed by atoms with van der Waals surface area (Å²) in [5.41, 5.74) is 7.45. The van der Waals surface area contributed by atoms with Gasteiger partial charge in [0.15, 0.2) is 5.65 Å². The van der Waals surface area contributed by atoms with Crippen molar-refractivity contribution in [2.75, 3.05) is 32.1 Å². The Morgan fingerprint density at radius 3 is 2.76 bits per heavy atom. The van der Waals surface area contributed by atoms with Gasteiger partial charge in [0.05, 0.1) is 12.5 Å². The van der Waals surface area contributed by atoms with Crippen LogP contribution in [0.2, 0.25) is 0 Å². The number of fused-ring (bicyclic) bond motifs is 2. The number of carbonyl (C=O) groups is 1. The summed E-state index contributed by atoms with van der Waals surface area (Å²) < 4.78 is 15.5. The van der Waals surface area contributed by atoms with Crippen LogP contribution in [0.5, 0.6) is 0 Å². The fourth-order valence-electron chi connectivity index (χ4n) is 5.76. The predicted molar refractivity (Wildman–Crippen MR) is 156 cm³/mol. The van der Waals surface area contributed by atoms with E-state index in [1.165, 1.54) is 36.2 Å². The topological polar surface area (TPSA) is 101 Å². The third-order valence-electron chi connectivity index (χ3n) is 7.92. The highest BCUT2D eigenvalue weighted by molar-refractivity contribution is 5.96. The molecule has 1 amide bonds. The summed E-state index contributed by atoms with van der Waals surface area (Å²) >= 11 is 0. The van der Waals surface area contributed by atoms with Gasteiger partial charge in [0.1, 0.15) is 11.7 Å². The van der Waals surface area contributed by atoms with Crippen LogP contribution < -0.4 is 16.2 Å². The Labute approximate surface area is 237 Å². The summed E-state index contributed by atoms with van der Waals surface area (Å²) in [6.45, 7) is 2.31. The first-order valence-corrected chi connectivity index (χ1v) is 14.1. The molecule has 0 spiro atoms. The first kappa shape index (κ1) is 27.0.